The van der Waals surface area contributed by atoms with Crippen molar-refractivity contribution < 1.29 is 22.7 Å². The van der Waals surface area contributed by atoms with E-state index < -0.39 is 6.36 Å². The van der Waals surface area contributed by atoms with Crippen LogP contribution in [0.3, 0.4) is 0 Å². The monoisotopic (exact) mass is 332 g/mol. The maximum atomic E-state index is 12.2. The first-order valence-corrected chi connectivity index (χ1v) is 7.08. The third-order valence-electron chi connectivity index (χ3n) is 3.50. The first kappa shape index (κ1) is 15.9. The average Bonchev–Trinajstić information content (AvgIpc) is 2.94. The molecule has 2 aromatic rings. The second-order valence-corrected chi connectivity index (χ2v) is 5.13. The molecule has 3 rings (SSSR count). The van der Waals surface area contributed by atoms with Gasteiger partial charge in [0.05, 0.1) is 17.3 Å². The minimum absolute atomic E-state index is 0.240. The Hall–Kier alpha value is -3.01. The molecule has 0 bridgehead atoms. The van der Waals surface area contributed by atoms with E-state index in [9.17, 15) is 13.2 Å². The minimum atomic E-state index is -4.71. The van der Waals surface area contributed by atoms with Crippen molar-refractivity contribution in [3.8, 4) is 17.6 Å². The second-order valence-electron chi connectivity index (χ2n) is 5.13. The van der Waals surface area contributed by atoms with Crippen molar-refractivity contribution in [2.24, 2.45) is 5.16 Å². The summed E-state index contributed by atoms with van der Waals surface area (Å²) >= 11 is 0. The van der Waals surface area contributed by atoms with Crippen LogP contribution in [0.5, 0.6) is 11.5 Å². The van der Waals surface area contributed by atoms with E-state index in [0.29, 0.717) is 29.9 Å². The number of nitriles is 1. The van der Waals surface area contributed by atoms with Crippen molar-refractivity contribution in [1.82, 2.24) is 0 Å². The summed E-state index contributed by atoms with van der Waals surface area (Å²) in [5.74, 6) is 0.238. The van der Waals surface area contributed by atoms with Gasteiger partial charge in [-0.1, -0.05) is 5.16 Å². The van der Waals surface area contributed by atoms with E-state index in [1.165, 1.54) is 12.1 Å². The lowest BCUT2D eigenvalue weighted by Crippen LogP contribution is -2.17. The zero-order chi connectivity index (χ0) is 17.2. The van der Waals surface area contributed by atoms with Gasteiger partial charge in [0.2, 0.25) is 0 Å². The second kappa shape index (κ2) is 6.24. The van der Waals surface area contributed by atoms with E-state index in [0.717, 1.165) is 11.1 Å². The van der Waals surface area contributed by atoms with E-state index in [1.54, 1.807) is 30.3 Å². The average molecular weight is 332 g/mol. The molecule has 0 radical (unpaired) electrons. The number of alkyl halides is 3. The van der Waals surface area contributed by atoms with Crippen LogP contribution in [0.2, 0.25) is 0 Å². The van der Waals surface area contributed by atoms with Crippen molar-refractivity contribution in [2.75, 3.05) is 0 Å². The largest absolute Gasteiger partial charge is 0.573 e. The summed E-state index contributed by atoms with van der Waals surface area (Å²) in [6.45, 7) is 0. The van der Waals surface area contributed by atoms with Crippen molar-refractivity contribution >= 4 is 5.71 Å². The van der Waals surface area contributed by atoms with Gasteiger partial charge >= 0.3 is 6.36 Å². The fraction of sp³-hybridized carbons (Fsp3) is 0.176. The molecule has 0 saturated carbocycles. The maximum absolute atomic E-state index is 12.2. The van der Waals surface area contributed by atoms with Crippen molar-refractivity contribution in [3.05, 3.63) is 59.2 Å². The van der Waals surface area contributed by atoms with Gasteiger partial charge in [-0.15, -0.1) is 13.2 Å². The summed E-state index contributed by atoms with van der Waals surface area (Å²) in [6.07, 6.45) is -3.57. The van der Waals surface area contributed by atoms with Crippen molar-refractivity contribution in [2.45, 2.75) is 19.2 Å². The number of oxime groups is 1. The molecule has 0 atom stereocenters. The van der Waals surface area contributed by atoms with E-state index in [1.807, 2.05) is 6.07 Å². The highest BCUT2D eigenvalue weighted by Gasteiger charge is 2.31. The lowest BCUT2D eigenvalue weighted by molar-refractivity contribution is -0.274. The molecule has 24 heavy (non-hydrogen) atoms. The van der Waals surface area contributed by atoms with Gasteiger partial charge in [-0.3, -0.25) is 0 Å². The van der Waals surface area contributed by atoms with E-state index in [-0.39, 0.29) is 5.75 Å². The molecule has 0 heterocycles. The summed E-state index contributed by atoms with van der Waals surface area (Å²) in [7, 11) is 0. The van der Waals surface area contributed by atoms with Gasteiger partial charge in [0, 0.05) is 5.56 Å². The predicted molar refractivity (Wildman–Crippen MR) is 79.8 cm³/mol. The summed E-state index contributed by atoms with van der Waals surface area (Å²) in [5, 5.41) is 12.8. The van der Waals surface area contributed by atoms with Gasteiger partial charge in [-0.25, -0.2) is 0 Å². The lowest BCUT2D eigenvalue weighted by atomic mass is 10.1. The maximum Gasteiger partial charge on any atom is 0.573 e. The topological polar surface area (TPSA) is 54.6 Å². The third kappa shape index (κ3) is 3.66. The Morgan fingerprint density at radius 3 is 2.38 bits per heavy atom. The van der Waals surface area contributed by atoms with Crippen LogP contribution in [0.15, 0.2) is 47.6 Å². The fourth-order valence-electron chi connectivity index (χ4n) is 2.44. The van der Waals surface area contributed by atoms with Crippen LogP contribution in [0.1, 0.15) is 23.1 Å². The summed E-state index contributed by atoms with van der Waals surface area (Å²) in [4.78, 5) is 5.32. The number of benzene rings is 2. The molecule has 0 spiro atoms. The van der Waals surface area contributed by atoms with Crippen LogP contribution in [0, 0.1) is 11.3 Å². The van der Waals surface area contributed by atoms with Crippen LogP contribution in [-0.2, 0) is 6.42 Å². The quantitative estimate of drug-likeness (QED) is 0.792. The molecule has 7 heteroatoms. The van der Waals surface area contributed by atoms with Crippen LogP contribution in [0.4, 0.5) is 13.2 Å². The minimum Gasteiger partial charge on any atom is -0.406 e. The van der Waals surface area contributed by atoms with Gasteiger partial charge < -0.3 is 9.57 Å². The van der Waals surface area contributed by atoms with Crippen LogP contribution >= 0.6 is 0 Å². The number of nitrogens with zero attached hydrogens (tertiary/aromatic N) is 2. The molecule has 1 aliphatic carbocycles. The number of ether oxygens (including phenoxy) is 1. The zero-order valence-corrected chi connectivity index (χ0v) is 12.3. The van der Waals surface area contributed by atoms with Gasteiger partial charge in [0.1, 0.15) is 5.75 Å². The third-order valence-corrected chi connectivity index (χ3v) is 3.50. The van der Waals surface area contributed by atoms with Crippen LogP contribution < -0.4 is 9.57 Å². The summed E-state index contributed by atoms with van der Waals surface area (Å²) < 4.78 is 40.7. The Kier molecular flexibility index (Phi) is 4.13. The van der Waals surface area contributed by atoms with E-state index in [2.05, 4.69) is 9.89 Å². The van der Waals surface area contributed by atoms with Gasteiger partial charge in [-0.05, 0) is 60.9 Å². The Labute approximate surface area is 135 Å². The van der Waals surface area contributed by atoms with Gasteiger partial charge in [-0.2, -0.15) is 5.26 Å². The number of rotatable bonds is 3. The standard InChI is InChI=1S/C17H11F3N2O2/c18-17(19,20)23-14-6-7-15-12(9-14)3-8-16(15)22-24-13-4-1-11(10-21)2-5-13/h1-2,4-7,9H,3,8H2/b22-16-. The molecule has 0 amide bonds. The lowest BCUT2D eigenvalue weighted by Gasteiger charge is -2.10. The number of fused-ring (bicyclic) bond motifs is 1. The number of aryl methyl sites for hydroxylation is 1. The molecule has 0 saturated heterocycles. The van der Waals surface area contributed by atoms with Crippen LogP contribution in [0.25, 0.3) is 0 Å². The van der Waals surface area contributed by atoms with Gasteiger partial charge in [0.15, 0.2) is 5.75 Å². The Balaban J connectivity index is 1.75. The Bertz CT molecular complexity index is 821. The van der Waals surface area contributed by atoms with E-state index >= 15 is 0 Å². The number of halogens is 3. The van der Waals surface area contributed by atoms with Crippen molar-refractivity contribution in [1.29, 1.82) is 5.26 Å². The van der Waals surface area contributed by atoms with Crippen LogP contribution in [-0.4, -0.2) is 12.1 Å². The zero-order valence-electron chi connectivity index (χ0n) is 12.3. The Morgan fingerprint density at radius 2 is 1.71 bits per heavy atom. The van der Waals surface area contributed by atoms with Crippen molar-refractivity contribution in [3.63, 3.8) is 0 Å². The normalized spacial score (nSPS) is 15.0. The molecular formula is C17H11F3N2O2. The highest BCUT2D eigenvalue weighted by molar-refractivity contribution is 6.04. The first-order valence-electron chi connectivity index (χ1n) is 7.08. The number of hydrogen-bond acceptors (Lipinski definition) is 4. The molecule has 0 aromatic heterocycles. The summed E-state index contributed by atoms with van der Waals surface area (Å²) in [6, 6.07) is 12.6. The molecule has 1 aliphatic rings. The van der Waals surface area contributed by atoms with Gasteiger partial charge in [0.25, 0.3) is 0 Å². The molecule has 0 N–H and O–H groups in total. The van der Waals surface area contributed by atoms with E-state index in [4.69, 9.17) is 10.1 Å². The highest BCUT2D eigenvalue weighted by atomic mass is 19.4. The molecule has 2 aromatic carbocycles. The molecule has 0 unspecified atom stereocenters. The molecular weight excluding hydrogens is 321 g/mol. The predicted octanol–water partition coefficient (Wildman–Crippen LogP) is 4.19. The Morgan fingerprint density at radius 1 is 1.00 bits per heavy atom. The highest BCUT2D eigenvalue weighted by Crippen LogP contribution is 2.30. The molecule has 0 fully saturated rings. The molecule has 0 aliphatic heterocycles. The SMILES string of the molecule is N#Cc1ccc(O/N=C2/CCc3cc(OC(F)(F)F)ccc32)cc1. The summed E-state index contributed by atoms with van der Waals surface area (Å²) in [5.41, 5.74) is 2.66. The fourth-order valence-corrected chi connectivity index (χ4v) is 2.44. The number of hydrogen-bond donors (Lipinski definition) is 0. The molecule has 4 nitrogen and oxygen atoms in total. The smallest absolute Gasteiger partial charge is 0.406 e. The first-order chi connectivity index (χ1) is 11.4. The molecule has 122 valence electrons.